The zero-order valence-corrected chi connectivity index (χ0v) is 23.0. The Morgan fingerprint density at radius 1 is 0.921 bits per heavy atom. The first-order chi connectivity index (χ1) is 18.2. The molecule has 0 saturated heterocycles. The van der Waals surface area contributed by atoms with E-state index in [-0.39, 0.29) is 27.9 Å². The molecule has 0 fully saturated rings. The van der Waals surface area contributed by atoms with E-state index in [9.17, 15) is 25.9 Å². The fourth-order valence-electron chi connectivity index (χ4n) is 5.54. The van der Waals surface area contributed by atoms with Gasteiger partial charge < -0.3 is 20.4 Å². The highest BCUT2D eigenvalue weighted by Crippen LogP contribution is 2.46. The van der Waals surface area contributed by atoms with Crippen molar-refractivity contribution >= 4 is 23.1 Å². The number of nitrogens with zero attached hydrogens (tertiary/aromatic N) is 3. The Kier molecular flexibility index (Phi) is 10.8. The minimum absolute atomic E-state index is 0.0539. The number of benzene rings is 2. The molecule has 0 aliphatic carbocycles. The molecule has 0 bridgehead atoms. The van der Waals surface area contributed by atoms with Gasteiger partial charge in [-0.25, -0.2) is 0 Å². The van der Waals surface area contributed by atoms with Crippen LogP contribution in [0.25, 0.3) is 6.08 Å². The predicted octanol–water partition coefficient (Wildman–Crippen LogP) is 7.14. The molecule has 0 amide bonds. The van der Waals surface area contributed by atoms with Gasteiger partial charge in [0.15, 0.2) is 0 Å². The largest absolute Gasteiger partial charge is 0.871 e. The van der Waals surface area contributed by atoms with Crippen molar-refractivity contribution in [1.82, 2.24) is 0 Å². The highest BCUT2D eigenvalue weighted by molar-refractivity contribution is 5.75. The summed E-state index contributed by atoms with van der Waals surface area (Å²) in [6, 6.07) is 10.5. The molecule has 2 aromatic rings. The van der Waals surface area contributed by atoms with E-state index in [1.54, 1.807) is 6.08 Å². The number of unbranched alkanes of at least 4 members (excludes halogenated alkanes) is 9. The van der Waals surface area contributed by atoms with Crippen LogP contribution < -0.4 is 20.5 Å². The number of para-hydroxylation sites is 1. The van der Waals surface area contributed by atoms with Gasteiger partial charge in [0.05, 0.1) is 17.4 Å². The molecule has 0 saturated carbocycles. The average molecular weight is 526 g/mol. The number of rotatable bonds is 15. The molecule has 1 unspecified atom stereocenters. The van der Waals surface area contributed by atoms with Gasteiger partial charge in [-0.2, -0.15) is 0 Å². The zero-order chi connectivity index (χ0) is 27.7. The summed E-state index contributed by atoms with van der Waals surface area (Å²) < 4.78 is 0. The summed E-state index contributed by atoms with van der Waals surface area (Å²) in [6.45, 7) is 7.48. The normalized spacial score (nSPS) is 16.3. The Morgan fingerprint density at radius 2 is 1.53 bits per heavy atom. The van der Waals surface area contributed by atoms with Crippen LogP contribution in [0.2, 0.25) is 0 Å². The molecular weight excluding hydrogens is 482 g/mol. The van der Waals surface area contributed by atoms with Crippen molar-refractivity contribution in [3.05, 3.63) is 58.8 Å². The van der Waals surface area contributed by atoms with Crippen molar-refractivity contribution < 1.29 is 20.7 Å². The predicted molar refractivity (Wildman–Crippen MR) is 151 cm³/mol. The van der Waals surface area contributed by atoms with E-state index < -0.39 is 16.7 Å². The highest BCUT2D eigenvalue weighted by atomic mass is 16.8. The molecule has 1 heterocycles. The third kappa shape index (κ3) is 7.20. The van der Waals surface area contributed by atoms with Gasteiger partial charge in [0.1, 0.15) is 0 Å². The summed E-state index contributed by atoms with van der Waals surface area (Å²) in [6.07, 6.45) is 16.2. The lowest BCUT2D eigenvalue weighted by atomic mass is 9.80. The summed E-state index contributed by atoms with van der Waals surface area (Å²) in [7, 11) is 0. The van der Waals surface area contributed by atoms with Crippen LogP contribution in [-0.4, -0.2) is 28.2 Å². The zero-order valence-electron chi connectivity index (χ0n) is 23.0. The summed E-state index contributed by atoms with van der Waals surface area (Å²) in [5.74, 6) is -0.661. The van der Waals surface area contributed by atoms with E-state index in [1.165, 1.54) is 75.1 Å². The molecule has 38 heavy (non-hydrogen) atoms. The maximum Gasteiger partial charge on any atom is 0.0891 e. The maximum absolute atomic E-state index is 12.8. The van der Waals surface area contributed by atoms with Crippen molar-refractivity contribution in [2.45, 2.75) is 96.4 Å². The molecule has 8 heteroatoms. The quantitative estimate of drug-likeness (QED) is 0.166. The third-order valence-electron chi connectivity index (χ3n) is 7.71. The lowest BCUT2D eigenvalue weighted by molar-refractivity contribution is -0.268. The summed E-state index contributed by atoms with van der Waals surface area (Å²) >= 11 is 0. The molecule has 210 valence electrons. The first-order valence-corrected chi connectivity index (χ1v) is 13.9. The summed E-state index contributed by atoms with van der Waals surface area (Å²) in [5.41, 5.74) is 1.45. The standard InChI is InChI=1S/C30H44N3O5/c1-4-5-6-7-8-9-10-11-12-15-20-31-26-17-14-13-16-25(26)30(2,3)28(31)19-18-23-21-24(32(35)36)22-27(29(23)34)33(37)38/h13-14,16-19,21-22,28,34-35,37-38H,4-12,15,20H2,1-3H3/q-1/p-1. The lowest BCUT2D eigenvalue weighted by Gasteiger charge is -2.33. The van der Waals surface area contributed by atoms with Crippen molar-refractivity contribution in [1.29, 1.82) is 0 Å². The van der Waals surface area contributed by atoms with Gasteiger partial charge in [-0.1, -0.05) is 115 Å². The van der Waals surface area contributed by atoms with Crippen LogP contribution in [-0.2, 0) is 5.41 Å². The summed E-state index contributed by atoms with van der Waals surface area (Å²) in [5, 5.41) is 51.8. The molecule has 2 aromatic carbocycles. The number of fused-ring (bicyclic) bond motifs is 1. The Hall–Kier alpha value is -2.78. The van der Waals surface area contributed by atoms with Crippen molar-refractivity contribution in [3.63, 3.8) is 0 Å². The fourth-order valence-corrected chi connectivity index (χ4v) is 5.54. The second-order valence-corrected chi connectivity index (χ2v) is 10.9. The lowest BCUT2D eigenvalue weighted by Crippen LogP contribution is -2.40. The minimum atomic E-state index is -0.661. The SMILES string of the molecule is CCCCCCCCCCCCN1c2ccccc2C(C)(C)C1C=Cc1cc(N([O-])O)cc(N(O)O)c1[O-]. The Balaban J connectivity index is 1.72. The third-order valence-corrected chi connectivity index (χ3v) is 7.71. The Morgan fingerprint density at radius 3 is 2.13 bits per heavy atom. The van der Waals surface area contributed by atoms with E-state index in [0.29, 0.717) is 0 Å². The van der Waals surface area contributed by atoms with E-state index in [4.69, 9.17) is 0 Å². The van der Waals surface area contributed by atoms with Crippen molar-refractivity contribution in [2.75, 3.05) is 21.9 Å². The van der Waals surface area contributed by atoms with E-state index in [2.05, 4.69) is 37.8 Å². The Bertz CT molecular complexity index is 1050. The van der Waals surface area contributed by atoms with E-state index in [1.807, 2.05) is 18.2 Å². The molecule has 0 spiro atoms. The molecule has 0 aromatic heterocycles. The van der Waals surface area contributed by atoms with Crippen LogP contribution in [0.15, 0.2) is 42.5 Å². The molecule has 0 radical (unpaired) electrons. The molecule has 1 aliphatic heterocycles. The Labute approximate surface area is 226 Å². The molecule has 3 N–H and O–H groups in total. The molecule has 3 rings (SSSR count). The topological polar surface area (TPSA) is 117 Å². The van der Waals surface area contributed by atoms with Gasteiger partial charge in [0.25, 0.3) is 0 Å². The maximum atomic E-state index is 12.8. The number of hydrogen-bond donors (Lipinski definition) is 3. The average Bonchev–Trinajstić information content (AvgIpc) is 3.10. The van der Waals surface area contributed by atoms with Crippen LogP contribution in [0, 0.1) is 5.21 Å². The molecular formula is C30H43N3O5-2. The molecule has 1 atom stereocenters. The first kappa shape index (κ1) is 29.8. The van der Waals surface area contributed by atoms with Gasteiger partial charge in [-0.3, -0.25) is 15.6 Å². The second-order valence-electron chi connectivity index (χ2n) is 10.9. The monoisotopic (exact) mass is 525 g/mol. The molecule has 1 aliphatic rings. The van der Waals surface area contributed by atoms with Gasteiger partial charge in [0, 0.05) is 17.6 Å². The van der Waals surface area contributed by atoms with Crippen molar-refractivity contribution in [2.24, 2.45) is 0 Å². The number of hydrogen-bond acceptors (Lipinski definition) is 8. The van der Waals surface area contributed by atoms with Crippen LogP contribution in [0.5, 0.6) is 5.75 Å². The van der Waals surface area contributed by atoms with Crippen molar-refractivity contribution in [3.8, 4) is 5.75 Å². The van der Waals surface area contributed by atoms with Gasteiger partial charge >= 0.3 is 0 Å². The number of anilines is 3. The first-order valence-electron chi connectivity index (χ1n) is 13.9. The van der Waals surface area contributed by atoms with Crippen LogP contribution in [0.3, 0.4) is 0 Å². The van der Waals surface area contributed by atoms with Gasteiger partial charge in [0.2, 0.25) is 0 Å². The second kappa shape index (κ2) is 13.8. The van der Waals surface area contributed by atoms with Gasteiger partial charge in [-0.05, 0) is 35.7 Å². The van der Waals surface area contributed by atoms with Crippen LogP contribution in [0.1, 0.15) is 96.1 Å². The van der Waals surface area contributed by atoms with Gasteiger partial charge in [-0.15, -0.1) is 5.23 Å². The molecule has 8 nitrogen and oxygen atoms in total. The van der Waals surface area contributed by atoms with E-state index in [0.717, 1.165) is 19.0 Å². The van der Waals surface area contributed by atoms with Crippen LogP contribution in [0.4, 0.5) is 17.1 Å². The van der Waals surface area contributed by atoms with E-state index >= 15 is 0 Å². The minimum Gasteiger partial charge on any atom is -0.871 e. The fraction of sp³-hybridized carbons (Fsp3) is 0.533. The summed E-state index contributed by atoms with van der Waals surface area (Å²) in [4.78, 5) is 2.38. The highest BCUT2D eigenvalue weighted by Gasteiger charge is 2.42. The van der Waals surface area contributed by atoms with Crippen LogP contribution >= 0.6 is 0 Å². The smallest absolute Gasteiger partial charge is 0.0891 e.